The Kier molecular flexibility index (Phi) is 5.95. The summed E-state index contributed by atoms with van der Waals surface area (Å²) in [4.78, 5) is 26.9. The summed E-state index contributed by atoms with van der Waals surface area (Å²) >= 11 is 0. The Labute approximate surface area is 150 Å². The predicted octanol–water partition coefficient (Wildman–Crippen LogP) is 3.33. The van der Waals surface area contributed by atoms with Crippen LogP contribution in [0.3, 0.4) is 0 Å². The summed E-state index contributed by atoms with van der Waals surface area (Å²) in [6.07, 6.45) is -4.20. The third-order valence-electron chi connectivity index (χ3n) is 3.98. The molecule has 1 aromatic carbocycles. The van der Waals surface area contributed by atoms with Crippen LogP contribution in [-0.2, 0) is 22.3 Å². The molecule has 0 spiro atoms. The Balaban J connectivity index is 1.98. The molecule has 8 heteroatoms. The van der Waals surface area contributed by atoms with Gasteiger partial charge in [0.1, 0.15) is 17.9 Å². The summed E-state index contributed by atoms with van der Waals surface area (Å²) < 4.78 is 43.1. The van der Waals surface area contributed by atoms with Crippen LogP contribution >= 0.6 is 0 Å². The van der Waals surface area contributed by atoms with E-state index < -0.39 is 29.5 Å². The van der Waals surface area contributed by atoms with Crippen LogP contribution in [0.15, 0.2) is 24.3 Å². The van der Waals surface area contributed by atoms with Crippen molar-refractivity contribution in [3.05, 3.63) is 35.4 Å². The highest BCUT2D eigenvalue weighted by Gasteiger charge is 2.33. The molecule has 1 fully saturated rings. The second-order valence-electron chi connectivity index (χ2n) is 7.31. The zero-order valence-corrected chi connectivity index (χ0v) is 15.0. The number of halogens is 3. The molecule has 1 amide bonds. The number of alkyl halides is 3. The lowest BCUT2D eigenvalue weighted by molar-refractivity contribution is -0.137. The van der Waals surface area contributed by atoms with E-state index in [-0.39, 0.29) is 0 Å². The molecular weight excluding hydrogens is 349 g/mol. The van der Waals surface area contributed by atoms with Crippen molar-refractivity contribution >= 4 is 12.4 Å². The standard InChI is InChI=1S/C18H23F3N2O3/c1-17(2,3)26-16(25)23-9-8-22(11-15(23)12-24)10-13-4-6-14(7-5-13)18(19,20)21/h4-7,12,15H,8-11H2,1-3H3. The van der Waals surface area contributed by atoms with E-state index in [4.69, 9.17) is 4.74 Å². The number of carbonyl (C=O) groups excluding carboxylic acids is 2. The van der Waals surface area contributed by atoms with Crippen molar-refractivity contribution in [2.45, 2.75) is 45.1 Å². The largest absolute Gasteiger partial charge is 0.444 e. The number of hydrogen-bond donors (Lipinski definition) is 0. The summed E-state index contributed by atoms with van der Waals surface area (Å²) in [5.74, 6) is 0. The monoisotopic (exact) mass is 372 g/mol. The maximum absolute atomic E-state index is 12.6. The minimum atomic E-state index is -4.36. The predicted molar refractivity (Wildman–Crippen MR) is 89.5 cm³/mol. The summed E-state index contributed by atoms with van der Waals surface area (Å²) in [6, 6.07) is 4.30. The SMILES string of the molecule is CC(C)(C)OC(=O)N1CCN(Cc2ccc(C(F)(F)F)cc2)CC1C=O. The zero-order valence-electron chi connectivity index (χ0n) is 15.0. The fraction of sp³-hybridized carbons (Fsp3) is 0.556. The lowest BCUT2D eigenvalue weighted by Gasteiger charge is -2.39. The van der Waals surface area contributed by atoms with Crippen LogP contribution in [0.2, 0.25) is 0 Å². The first-order valence-electron chi connectivity index (χ1n) is 8.33. The summed E-state index contributed by atoms with van der Waals surface area (Å²) in [5, 5.41) is 0. The van der Waals surface area contributed by atoms with E-state index in [1.807, 2.05) is 4.90 Å². The fourth-order valence-electron chi connectivity index (χ4n) is 2.73. The highest BCUT2D eigenvalue weighted by atomic mass is 19.4. The van der Waals surface area contributed by atoms with E-state index in [0.717, 1.165) is 12.1 Å². The quantitative estimate of drug-likeness (QED) is 0.764. The lowest BCUT2D eigenvalue weighted by Crippen LogP contribution is -2.56. The molecule has 1 heterocycles. The molecule has 1 unspecified atom stereocenters. The van der Waals surface area contributed by atoms with Crippen molar-refractivity contribution in [2.75, 3.05) is 19.6 Å². The van der Waals surface area contributed by atoms with Gasteiger partial charge in [-0.3, -0.25) is 9.80 Å². The van der Waals surface area contributed by atoms with Gasteiger partial charge in [0.25, 0.3) is 0 Å². The Bertz CT molecular complexity index is 639. The molecule has 144 valence electrons. The first-order chi connectivity index (χ1) is 12.0. The third kappa shape index (κ3) is 5.45. The Morgan fingerprint density at radius 2 is 1.81 bits per heavy atom. The normalized spacial score (nSPS) is 19.3. The number of carbonyl (C=O) groups is 2. The van der Waals surface area contributed by atoms with Crippen molar-refractivity contribution in [3.63, 3.8) is 0 Å². The molecule has 2 rings (SSSR count). The highest BCUT2D eigenvalue weighted by Crippen LogP contribution is 2.29. The molecule has 0 aromatic heterocycles. The van der Waals surface area contributed by atoms with Crippen molar-refractivity contribution in [1.82, 2.24) is 9.80 Å². The molecule has 1 saturated heterocycles. The van der Waals surface area contributed by atoms with E-state index >= 15 is 0 Å². The molecule has 1 aliphatic heterocycles. The fourth-order valence-corrected chi connectivity index (χ4v) is 2.73. The topological polar surface area (TPSA) is 49.9 Å². The Morgan fingerprint density at radius 3 is 2.31 bits per heavy atom. The van der Waals surface area contributed by atoms with Crippen molar-refractivity contribution in [1.29, 1.82) is 0 Å². The van der Waals surface area contributed by atoms with Gasteiger partial charge in [-0.05, 0) is 38.5 Å². The van der Waals surface area contributed by atoms with Crippen LogP contribution in [0.1, 0.15) is 31.9 Å². The van der Waals surface area contributed by atoms with Gasteiger partial charge in [0.2, 0.25) is 0 Å². The molecule has 26 heavy (non-hydrogen) atoms. The van der Waals surface area contributed by atoms with Gasteiger partial charge >= 0.3 is 12.3 Å². The molecule has 1 atom stereocenters. The molecule has 0 N–H and O–H groups in total. The van der Waals surface area contributed by atoms with Crippen LogP contribution in [-0.4, -0.2) is 53.5 Å². The average molecular weight is 372 g/mol. The first kappa shape index (κ1) is 20.2. The van der Waals surface area contributed by atoms with Crippen LogP contribution < -0.4 is 0 Å². The second kappa shape index (κ2) is 7.65. The van der Waals surface area contributed by atoms with Crippen LogP contribution in [0, 0.1) is 0 Å². The number of nitrogens with zero attached hydrogens (tertiary/aromatic N) is 2. The molecule has 1 aromatic rings. The molecule has 1 aliphatic rings. The molecule has 0 saturated carbocycles. The lowest BCUT2D eigenvalue weighted by atomic mass is 10.1. The smallest absolute Gasteiger partial charge is 0.416 e. The van der Waals surface area contributed by atoms with E-state index in [0.29, 0.717) is 38.0 Å². The second-order valence-corrected chi connectivity index (χ2v) is 7.31. The molecular formula is C18H23F3N2O3. The Morgan fingerprint density at radius 1 is 1.19 bits per heavy atom. The van der Waals surface area contributed by atoms with Crippen LogP contribution in [0.4, 0.5) is 18.0 Å². The summed E-state index contributed by atoms with van der Waals surface area (Å²) in [6.45, 7) is 6.79. The summed E-state index contributed by atoms with van der Waals surface area (Å²) in [7, 11) is 0. The van der Waals surface area contributed by atoms with Gasteiger partial charge in [-0.25, -0.2) is 4.79 Å². The van der Waals surface area contributed by atoms with Gasteiger partial charge in [0.15, 0.2) is 0 Å². The number of ether oxygens (including phenoxy) is 1. The molecule has 5 nitrogen and oxygen atoms in total. The van der Waals surface area contributed by atoms with Gasteiger partial charge in [0.05, 0.1) is 5.56 Å². The zero-order chi connectivity index (χ0) is 19.5. The minimum Gasteiger partial charge on any atom is -0.444 e. The van der Waals surface area contributed by atoms with Crippen LogP contribution in [0.25, 0.3) is 0 Å². The van der Waals surface area contributed by atoms with Gasteiger partial charge in [0, 0.05) is 26.2 Å². The number of benzene rings is 1. The first-order valence-corrected chi connectivity index (χ1v) is 8.33. The van der Waals surface area contributed by atoms with Crippen LogP contribution in [0.5, 0.6) is 0 Å². The third-order valence-corrected chi connectivity index (χ3v) is 3.98. The minimum absolute atomic E-state index is 0.309. The maximum Gasteiger partial charge on any atom is 0.416 e. The molecule has 0 aliphatic carbocycles. The van der Waals surface area contributed by atoms with E-state index in [9.17, 15) is 22.8 Å². The maximum atomic E-state index is 12.6. The molecule has 0 radical (unpaired) electrons. The number of piperazine rings is 1. The van der Waals surface area contributed by atoms with Gasteiger partial charge < -0.3 is 9.53 Å². The average Bonchev–Trinajstić information content (AvgIpc) is 2.52. The number of hydrogen-bond acceptors (Lipinski definition) is 4. The highest BCUT2D eigenvalue weighted by molar-refractivity contribution is 5.74. The van der Waals surface area contributed by atoms with Crippen molar-refractivity contribution in [2.24, 2.45) is 0 Å². The number of rotatable bonds is 3. The molecule has 0 bridgehead atoms. The van der Waals surface area contributed by atoms with Crippen molar-refractivity contribution in [3.8, 4) is 0 Å². The number of aldehydes is 1. The van der Waals surface area contributed by atoms with Gasteiger partial charge in [-0.1, -0.05) is 12.1 Å². The van der Waals surface area contributed by atoms with Gasteiger partial charge in [-0.15, -0.1) is 0 Å². The van der Waals surface area contributed by atoms with Gasteiger partial charge in [-0.2, -0.15) is 13.2 Å². The van der Waals surface area contributed by atoms with E-state index in [1.165, 1.54) is 17.0 Å². The Hall–Kier alpha value is -2.09. The summed E-state index contributed by atoms with van der Waals surface area (Å²) in [5.41, 5.74) is -0.628. The number of amides is 1. The van der Waals surface area contributed by atoms with E-state index in [2.05, 4.69) is 0 Å². The van der Waals surface area contributed by atoms with E-state index in [1.54, 1.807) is 20.8 Å². The van der Waals surface area contributed by atoms with Crippen molar-refractivity contribution < 1.29 is 27.5 Å².